The Labute approximate surface area is 120 Å². The molecular formula is C12H18BrClN2S. The first-order valence-electron chi connectivity index (χ1n) is 5.98. The summed E-state index contributed by atoms with van der Waals surface area (Å²) in [6.07, 6.45) is 2.67. The molecule has 2 rings (SSSR count). The van der Waals surface area contributed by atoms with Crippen molar-refractivity contribution in [3.8, 4) is 0 Å². The number of rotatable bonds is 4. The second kappa shape index (κ2) is 6.53. The predicted octanol–water partition coefficient (Wildman–Crippen LogP) is 3.60. The fourth-order valence-electron chi connectivity index (χ4n) is 2.32. The lowest BCUT2D eigenvalue weighted by Gasteiger charge is -2.27. The molecule has 17 heavy (non-hydrogen) atoms. The summed E-state index contributed by atoms with van der Waals surface area (Å²) < 4.78 is 1.87. The highest BCUT2D eigenvalue weighted by atomic mass is 79.9. The zero-order valence-corrected chi connectivity index (χ0v) is 13.2. The van der Waals surface area contributed by atoms with Crippen molar-refractivity contribution in [2.75, 3.05) is 26.7 Å². The summed E-state index contributed by atoms with van der Waals surface area (Å²) in [5.41, 5.74) is 0. The fourth-order valence-corrected chi connectivity index (χ4v) is 4.19. The van der Waals surface area contributed by atoms with E-state index in [1.807, 2.05) is 0 Å². The van der Waals surface area contributed by atoms with E-state index >= 15 is 0 Å². The van der Waals surface area contributed by atoms with E-state index in [1.165, 1.54) is 37.4 Å². The third kappa shape index (κ3) is 4.21. The molecule has 1 aliphatic heterocycles. The zero-order valence-electron chi connectivity index (χ0n) is 10.0. The van der Waals surface area contributed by atoms with Crippen molar-refractivity contribution in [2.24, 2.45) is 5.92 Å². The molecule has 0 bridgehead atoms. The molecule has 0 radical (unpaired) electrons. The molecule has 0 spiro atoms. The predicted molar refractivity (Wildman–Crippen MR) is 79.0 cm³/mol. The summed E-state index contributed by atoms with van der Waals surface area (Å²) in [5, 5.41) is 3.46. The van der Waals surface area contributed by atoms with Crippen molar-refractivity contribution in [3.63, 3.8) is 0 Å². The number of thiophene rings is 1. The third-order valence-corrected chi connectivity index (χ3v) is 5.55. The summed E-state index contributed by atoms with van der Waals surface area (Å²) >= 11 is 11.2. The molecule has 0 amide bonds. The van der Waals surface area contributed by atoms with Gasteiger partial charge >= 0.3 is 0 Å². The van der Waals surface area contributed by atoms with Gasteiger partial charge in [0.15, 0.2) is 0 Å². The first kappa shape index (κ1) is 13.8. The Morgan fingerprint density at radius 2 is 2.47 bits per heavy atom. The van der Waals surface area contributed by atoms with Crippen molar-refractivity contribution in [3.05, 3.63) is 19.8 Å². The Bertz CT molecular complexity index is 344. The average Bonchev–Trinajstić information content (AvgIpc) is 2.59. The van der Waals surface area contributed by atoms with Gasteiger partial charge in [-0.1, -0.05) is 11.6 Å². The number of piperidine rings is 1. The van der Waals surface area contributed by atoms with Gasteiger partial charge in [-0.15, -0.1) is 11.3 Å². The molecule has 1 fully saturated rings. The van der Waals surface area contributed by atoms with E-state index in [1.54, 1.807) is 11.3 Å². The summed E-state index contributed by atoms with van der Waals surface area (Å²) in [7, 11) is 2.19. The van der Waals surface area contributed by atoms with Crippen LogP contribution in [0.15, 0.2) is 10.5 Å². The Balaban J connectivity index is 1.81. The molecule has 1 saturated heterocycles. The minimum atomic E-state index is 0.799. The monoisotopic (exact) mass is 336 g/mol. The van der Waals surface area contributed by atoms with Gasteiger partial charge in [-0.05, 0) is 60.9 Å². The van der Waals surface area contributed by atoms with Crippen LogP contribution in [0.5, 0.6) is 0 Å². The second-order valence-corrected chi connectivity index (χ2v) is 7.34. The largest absolute Gasteiger partial charge is 0.316 e. The van der Waals surface area contributed by atoms with Crippen molar-refractivity contribution < 1.29 is 0 Å². The van der Waals surface area contributed by atoms with E-state index in [0.717, 1.165) is 21.3 Å². The standard InChI is InChI=1S/C12H18BrClN2S/c1-16(7-9-3-2-4-15-6-9)8-10-5-11(13)12(14)17-10/h5,9,15H,2-4,6-8H2,1H3. The van der Waals surface area contributed by atoms with Crippen molar-refractivity contribution in [2.45, 2.75) is 19.4 Å². The normalized spacial score (nSPS) is 21.1. The lowest BCUT2D eigenvalue weighted by atomic mass is 9.99. The Hall–Kier alpha value is 0.390. The second-order valence-electron chi connectivity index (χ2n) is 4.74. The molecule has 1 aromatic heterocycles. The van der Waals surface area contributed by atoms with Crippen LogP contribution in [0.4, 0.5) is 0 Å². The zero-order chi connectivity index (χ0) is 12.3. The van der Waals surface area contributed by atoms with Crippen LogP contribution < -0.4 is 5.32 Å². The minimum Gasteiger partial charge on any atom is -0.316 e. The van der Waals surface area contributed by atoms with Gasteiger partial charge < -0.3 is 10.2 Å². The van der Waals surface area contributed by atoms with Crippen LogP contribution in [0.3, 0.4) is 0 Å². The molecule has 96 valence electrons. The average molecular weight is 338 g/mol. The molecule has 1 atom stereocenters. The smallest absolute Gasteiger partial charge is 0.107 e. The molecule has 1 aliphatic rings. The van der Waals surface area contributed by atoms with E-state index in [2.05, 4.69) is 39.3 Å². The molecule has 0 aliphatic carbocycles. The maximum absolute atomic E-state index is 6.05. The van der Waals surface area contributed by atoms with Crippen molar-refractivity contribution in [1.82, 2.24) is 10.2 Å². The van der Waals surface area contributed by atoms with E-state index in [-0.39, 0.29) is 0 Å². The number of halogens is 2. The van der Waals surface area contributed by atoms with Crippen LogP contribution in [0.25, 0.3) is 0 Å². The van der Waals surface area contributed by atoms with Crippen molar-refractivity contribution >= 4 is 38.9 Å². The van der Waals surface area contributed by atoms with E-state index in [0.29, 0.717) is 0 Å². The summed E-state index contributed by atoms with van der Waals surface area (Å²) in [6, 6.07) is 2.13. The Morgan fingerprint density at radius 1 is 1.65 bits per heavy atom. The highest BCUT2D eigenvalue weighted by molar-refractivity contribution is 9.10. The quantitative estimate of drug-likeness (QED) is 0.903. The number of hydrogen-bond donors (Lipinski definition) is 1. The van der Waals surface area contributed by atoms with Crippen LogP contribution in [-0.2, 0) is 6.54 Å². The molecule has 1 N–H and O–H groups in total. The van der Waals surface area contributed by atoms with Gasteiger partial charge in [0.1, 0.15) is 4.34 Å². The van der Waals surface area contributed by atoms with Crippen LogP contribution in [-0.4, -0.2) is 31.6 Å². The summed E-state index contributed by atoms with van der Waals surface area (Å²) in [4.78, 5) is 3.72. The van der Waals surface area contributed by atoms with Gasteiger partial charge in [-0.3, -0.25) is 0 Å². The van der Waals surface area contributed by atoms with E-state index in [4.69, 9.17) is 11.6 Å². The molecule has 1 unspecified atom stereocenters. The van der Waals surface area contributed by atoms with Gasteiger partial charge in [0.05, 0.1) is 0 Å². The van der Waals surface area contributed by atoms with E-state index < -0.39 is 0 Å². The maximum Gasteiger partial charge on any atom is 0.107 e. The van der Waals surface area contributed by atoms with Crippen LogP contribution in [0.1, 0.15) is 17.7 Å². The number of hydrogen-bond acceptors (Lipinski definition) is 3. The van der Waals surface area contributed by atoms with Gasteiger partial charge in [-0.25, -0.2) is 0 Å². The topological polar surface area (TPSA) is 15.3 Å². The first-order chi connectivity index (χ1) is 8.15. The lowest BCUT2D eigenvalue weighted by Crippen LogP contribution is -2.36. The SMILES string of the molecule is CN(Cc1cc(Br)c(Cl)s1)CC1CCCNC1. The lowest BCUT2D eigenvalue weighted by molar-refractivity contribution is 0.239. The molecular weight excluding hydrogens is 320 g/mol. The Morgan fingerprint density at radius 3 is 3.06 bits per heavy atom. The molecule has 2 heterocycles. The van der Waals surface area contributed by atoms with Gasteiger partial charge in [0.25, 0.3) is 0 Å². The summed E-state index contributed by atoms with van der Waals surface area (Å²) in [5.74, 6) is 0.799. The molecule has 0 saturated carbocycles. The van der Waals surface area contributed by atoms with Gasteiger partial charge in [0.2, 0.25) is 0 Å². The highest BCUT2D eigenvalue weighted by Crippen LogP contribution is 2.32. The number of nitrogens with one attached hydrogen (secondary N) is 1. The van der Waals surface area contributed by atoms with Gasteiger partial charge in [-0.2, -0.15) is 0 Å². The van der Waals surface area contributed by atoms with Crippen LogP contribution in [0.2, 0.25) is 4.34 Å². The Kier molecular flexibility index (Phi) is 5.30. The molecule has 5 heteroatoms. The van der Waals surface area contributed by atoms with Crippen LogP contribution >= 0.6 is 38.9 Å². The minimum absolute atomic E-state index is 0.799. The molecule has 0 aromatic carbocycles. The summed E-state index contributed by atoms with van der Waals surface area (Å²) in [6.45, 7) is 4.51. The van der Waals surface area contributed by atoms with Crippen molar-refractivity contribution in [1.29, 1.82) is 0 Å². The highest BCUT2D eigenvalue weighted by Gasteiger charge is 2.15. The van der Waals surface area contributed by atoms with E-state index in [9.17, 15) is 0 Å². The number of nitrogens with zero attached hydrogens (tertiary/aromatic N) is 1. The molecule has 2 nitrogen and oxygen atoms in total. The maximum atomic E-state index is 6.05. The van der Waals surface area contributed by atoms with Gasteiger partial charge in [0, 0.05) is 22.4 Å². The third-order valence-electron chi connectivity index (χ3n) is 3.09. The molecule has 1 aromatic rings. The fraction of sp³-hybridized carbons (Fsp3) is 0.667. The van der Waals surface area contributed by atoms with Crippen LogP contribution in [0, 0.1) is 5.92 Å². The first-order valence-corrected chi connectivity index (χ1v) is 7.97.